The Morgan fingerprint density at radius 2 is 1.74 bits per heavy atom. The molecule has 1 saturated carbocycles. The van der Waals surface area contributed by atoms with Gasteiger partial charge in [0, 0.05) is 17.6 Å². The first-order chi connectivity index (χ1) is 16.6. The Balaban J connectivity index is 1.88. The molecule has 190 valence electrons. The molecule has 1 N–H and O–H groups in total. The molecule has 3 rings (SSSR count). The van der Waals surface area contributed by atoms with E-state index in [1.807, 2.05) is 30.3 Å². The molecule has 9 heteroatoms. The van der Waals surface area contributed by atoms with Gasteiger partial charge in [-0.25, -0.2) is 8.42 Å². The second-order valence-corrected chi connectivity index (χ2v) is 11.6. The summed E-state index contributed by atoms with van der Waals surface area (Å²) in [6.07, 6.45) is 6.25. The van der Waals surface area contributed by atoms with Gasteiger partial charge in [-0.15, -0.1) is 0 Å². The van der Waals surface area contributed by atoms with E-state index in [0.29, 0.717) is 16.3 Å². The average molecular weight is 520 g/mol. The normalized spacial score (nSPS) is 15.3. The zero-order valence-corrected chi connectivity index (χ0v) is 22.1. The molecule has 1 atom stereocenters. The van der Waals surface area contributed by atoms with Gasteiger partial charge in [-0.2, -0.15) is 0 Å². The van der Waals surface area contributed by atoms with Crippen LogP contribution in [0.15, 0.2) is 48.5 Å². The second-order valence-electron chi connectivity index (χ2n) is 9.23. The van der Waals surface area contributed by atoms with Gasteiger partial charge in [0.15, 0.2) is 0 Å². The number of carbonyl (C=O) groups is 2. The zero-order valence-electron chi connectivity index (χ0n) is 20.5. The molecular weight excluding hydrogens is 486 g/mol. The fourth-order valence-electron chi connectivity index (χ4n) is 4.38. The maximum atomic E-state index is 13.6. The Morgan fingerprint density at radius 1 is 1.09 bits per heavy atom. The van der Waals surface area contributed by atoms with Crippen LogP contribution in [0.4, 0.5) is 5.69 Å². The van der Waals surface area contributed by atoms with E-state index in [1.165, 1.54) is 17.4 Å². The minimum absolute atomic E-state index is 0.106. The molecule has 0 unspecified atom stereocenters. The maximum Gasteiger partial charge on any atom is 0.244 e. The van der Waals surface area contributed by atoms with Gasteiger partial charge < -0.3 is 10.2 Å². The van der Waals surface area contributed by atoms with E-state index in [0.717, 1.165) is 41.8 Å². The van der Waals surface area contributed by atoms with Gasteiger partial charge in [0.1, 0.15) is 12.6 Å². The lowest BCUT2D eigenvalue weighted by atomic mass is 9.95. The third-order valence-corrected chi connectivity index (χ3v) is 7.80. The lowest BCUT2D eigenvalue weighted by molar-refractivity contribution is -0.139. The molecule has 0 radical (unpaired) electrons. The lowest BCUT2D eigenvalue weighted by Crippen LogP contribution is -2.53. The molecule has 2 aromatic carbocycles. The van der Waals surface area contributed by atoms with Crippen LogP contribution in [-0.2, 0) is 26.2 Å². The summed E-state index contributed by atoms with van der Waals surface area (Å²) in [6.45, 7) is 3.20. The van der Waals surface area contributed by atoms with E-state index in [1.54, 1.807) is 26.0 Å². The summed E-state index contributed by atoms with van der Waals surface area (Å²) in [5.74, 6) is -0.698. The highest BCUT2D eigenvalue weighted by Gasteiger charge is 2.31. The minimum Gasteiger partial charge on any atom is -0.352 e. The van der Waals surface area contributed by atoms with Crippen LogP contribution in [0.2, 0.25) is 5.02 Å². The number of hydrogen-bond donors (Lipinski definition) is 1. The highest BCUT2D eigenvalue weighted by Crippen LogP contribution is 2.27. The Hall–Kier alpha value is -2.58. The van der Waals surface area contributed by atoms with Crippen LogP contribution in [-0.4, -0.2) is 50.0 Å². The zero-order chi connectivity index (χ0) is 25.6. The number of carbonyl (C=O) groups excluding carboxylic acids is 2. The van der Waals surface area contributed by atoms with Crippen LogP contribution in [0.5, 0.6) is 0 Å². The summed E-state index contributed by atoms with van der Waals surface area (Å²) in [7, 11) is -3.80. The van der Waals surface area contributed by atoms with Crippen LogP contribution in [0, 0.1) is 6.92 Å². The van der Waals surface area contributed by atoms with Crippen molar-refractivity contribution in [1.29, 1.82) is 0 Å². The fraction of sp³-hybridized carbons (Fsp3) is 0.462. The number of aryl methyl sites for hydroxylation is 1. The summed E-state index contributed by atoms with van der Waals surface area (Å²) < 4.78 is 26.5. The van der Waals surface area contributed by atoms with Crippen molar-refractivity contribution in [2.75, 3.05) is 17.1 Å². The van der Waals surface area contributed by atoms with Gasteiger partial charge in [0.2, 0.25) is 21.8 Å². The number of amides is 2. The summed E-state index contributed by atoms with van der Waals surface area (Å²) in [5, 5.41) is 3.46. The molecule has 1 aliphatic rings. The number of rotatable bonds is 9. The molecule has 0 aromatic heterocycles. The van der Waals surface area contributed by atoms with Crippen molar-refractivity contribution < 1.29 is 18.0 Å². The Kier molecular flexibility index (Phi) is 9.19. The molecule has 7 nitrogen and oxygen atoms in total. The Morgan fingerprint density at radius 3 is 2.37 bits per heavy atom. The second kappa shape index (κ2) is 11.9. The van der Waals surface area contributed by atoms with Crippen LogP contribution in [0.25, 0.3) is 0 Å². The van der Waals surface area contributed by atoms with E-state index in [4.69, 9.17) is 11.6 Å². The molecule has 0 saturated heterocycles. The van der Waals surface area contributed by atoms with E-state index in [9.17, 15) is 18.0 Å². The van der Waals surface area contributed by atoms with Gasteiger partial charge in [0.05, 0.1) is 11.9 Å². The maximum absolute atomic E-state index is 13.6. The van der Waals surface area contributed by atoms with Crippen LogP contribution >= 0.6 is 11.6 Å². The van der Waals surface area contributed by atoms with Crippen molar-refractivity contribution in [2.45, 2.75) is 64.6 Å². The fourth-order valence-corrected chi connectivity index (χ4v) is 5.44. The SMILES string of the molecule is Cc1ccc(Cl)cc1N(CC(=O)N(Cc1ccccc1)[C@H](C)C(=O)NC1CCCCC1)S(C)(=O)=O. The molecule has 0 spiro atoms. The molecule has 0 heterocycles. The van der Waals surface area contributed by atoms with Gasteiger partial charge in [-0.05, 0) is 49.9 Å². The predicted molar refractivity (Wildman–Crippen MR) is 140 cm³/mol. The topological polar surface area (TPSA) is 86.8 Å². The van der Waals surface area contributed by atoms with Gasteiger partial charge in [-0.3, -0.25) is 13.9 Å². The summed E-state index contributed by atoms with van der Waals surface area (Å²) >= 11 is 6.13. The van der Waals surface area contributed by atoms with Gasteiger partial charge >= 0.3 is 0 Å². The third-order valence-electron chi connectivity index (χ3n) is 6.43. The largest absolute Gasteiger partial charge is 0.352 e. The van der Waals surface area contributed by atoms with Gasteiger partial charge in [-0.1, -0.05) is 67.3 Å². The highest BCUT2D eigenvalue weighted by atomic mass is 35.5. The molecule has 1 fully saturated rings. The van der Waals surface area contributed by atoms with Crippen molar-refractivity contribution in [2.24, 2.45) is 0 Å². The van der Waals surface area contributed by atoms with Crippen molar-refractivity contribution in [1.82, 2.24) is 10.2 Å². The molecule has 0 aliphatic heterocycles. The van der Waals surface area contributed by atoms with Crippen molar-refractivity contribution >= 4 is 39.1 Å². The highest BCUT2D eigenvalue weighted by molar-refractivity contribution is 7.92. The average Bonchev–Trinajstić information content (AvgIpc) is 2.82. The molecular formula is C26H34ClN3O4S. The van der Waals surface area contributed by atoms with E-state index in [-0.39, 0.29) is 18.5 Å². The molecule has 1 aliphatic carbocycles. The van der Waals surface area contributed by atoms with Crippen LogP contribution in [0.3, 0.4) is 0 Å². The predicted octanol–water partition coefficient (Wildman–Crippen LogP) is 4.28. The molecule has 2 amide bonds. The number of hydrogen-bond acceptors (Lipinski definition) is 4. The smallest absolute Gasteiger partial charge is 0.244 e. The van der Waals surface area contributed by atoms with Crippen molar-refractivity contribution in [3.05, 3.63) is 64.7 Å². The lowest BCUT2D eigenvalue weighted by Gasteiger charge is -2.33. The van der Waals surface area contributed by atoms with Crippen LogP contribution < -0.4 is 9.62 Å². The quantitative estimate of drug-likeness (QED) is 0.535. The molecule has 35 heavy (non-hydrogen) atoms. The standard InChI is InChI=1S/C26H34ClN3O4S/c1-19-14-15-22(27)16-24(19)30(35(3,33)34)18-25(31)29(17-21-10-6-4-7-11-21)20(2)26(32)28-23-12-8-5-9-13-23/h4,6-7,10-11,14-16,20,23H,5,8-9,12-13,17-18H2,1-3H3,(H,28,32)/t20-/m1/s1. The summed E-state index contributed by atoms with van der Waals surface area (Å²) in [6, 6.07) is 13.6. The summed E-state index contributed by atoms with van der Waals surface area (Å²) in [5.41, 5.74) is 1.86. The third kappa shape index (κ3) is 7.45. The Bertz CT molecular complexity index is 1130. The number of nitrogens with zero attached hydrogens (tertiary/aromatic N) is 2. The number of anilines is 1. The molecule has 0 bridgehead atoms. The van der Waals surface area contributed by atoms with Crippen molar-refractivity contribution in [3.63, 3.8) is 0 Å². The number of nitrogens with one attached hydrogen (secondary N) is 1. The first kappa shape index (κ1) is 27.0. The first-order valence-electron chi connectivity index (χ1n) is 11.9. The van der Waals surface area contributed by atoms with E-state index >= 15 is 0 Å². The van der Waals surface area contributed by atoms with E-state index < -0.39 is 28.5 Å². The minimum atomic E-state index is -3.80. The summed E-state index contributed by atoms with van der Waals surface area (Å²) in [4.78, 5) is 28.2. The first-order valence-corrected chi connectivity index (χ1v) is 14.2. The van der Waals surface area contributed by atoms with Gasteiger partial charge in [0.25, 0.3) is 0 Å². The molecule has 2 aromatic rings. The van der Waals surface area contributed by atoms with Crippen LogP contribution in [0.1, 0.15) is 50.2 Å². The van der Waals surface area contributed by atoms with E-state index in [2.05, 4.69) is 5.32 Å². The number of sulfonamides is 1. The number of benzene rings is 2. The monoisotopic (exact) mass is 519 g/mol. The Labute approximate surface area is 213 Å². The van der Waals surface area contributed by atoms with Crippen molar-refractivity contribution in [3.8, 4) is 0 Å². The number of halogens is 1.